The molecule has 0 aliphatic rings. The molecule has 4 N–H and O–H groups in total. The number of carbonyl (C=O) groups excluding carboxylic acids is 1. The number of ether oxygens (including phenoxy) is 1. The third kappa shape index (κ3) is 4.88. The van der Waals surface area contributed by atoms with Crippen molar-refractivity contribution in [2.24, 2.45) is 5.84 Å². The van der Waals surface area contributed by atoms with Gasteiger partial charge in [0.25, 0.3) is 0 Å². The molecule has 0 spiro atoms. The van der Waals surface area contributed by atoms with Gasteiger partial charge in [-0.25, -0.2) is 5.84 Å². The highest BCUT2D eigenvalue weighted by Crippen LogP contribution is 2.01. The fourth-order valence-corrected chi connectivity index (χ4v) is 1.22. The molecule has 1 aromatic carbocycles. The van der Waals surface area contributed by atoms with Crippen molar-refractivity contribution in [3.8, 4) is 0 Å². The third-order valence-corrected chi connectivity index (χ3v) is 2.00. The molecule has 0 aromatic heterocycles. The van der Waals surface area contributed by atoms with Crippen molar-refractivity contribution in [2.45, 2.75) is 19.1 Å². The van der Waals surface area contributed by atoms with Crippen molar-refractivity contribution in [1.82, 2.24) is 5.43 Å². The van der Waals surface area contributed by atoms with Gasteiger partial charge in [-0.05, 0) is 5.56 Å². The number of amides is 1. The molecule has 0 radical (unpaired) electrons. The summed E-state index contributed by atoms with van der Waals surface area (Å²) in [5, 5.41) is 9.39. The van der Waals surface area contributed by atoms with E-state index in [0.717, 1.165) is 5.56 Å². The molecule has 5 heteroatoms. The zero-order chi connectivity index (χ0) is 11.8. The lowest BCUT2D eigenvalue weighted by atomic mass is 10.2. The average molecular weight is 224 g/mol. The fourth-order valence-electron chi connectivity index (χ4n) is 1.22. The maximum atomic E-state index is 10.8. The van der Waals surface area contributed by atoms with Gasteiger partial charge in [0.15, 0.2) is 0 Å². The van der Waals surface area contributed by atoms with Gasteiger partial charge in [-0.15, -0.1) is 0 Å². The Labute approximate surface area is 94.2 Å². The number of nitrogens with two attached hydrogens (primary N) is 1. The summed E-state index contributed by atoms with van der Waals surface area (Å²) < 4.78 is 5.26. The van der Waals surface area contributed by atoms with Gasteiger partial charge in [-0.1, -0.05) is 30.3 Å². The van der Waals surface area contributed by atoms with Crippen molar-refractivity contribution >= 4 is 5.91 Å². The average Bonchev–Trinajstić information content (AvgIpc) is 2.30. The van der Waals surface area contributed by atoms with Crippen LogP contribution in [0.5, 0.6) is 0 Å². The summed E-state index contributed by atoms with van der Waals surface area (Å²) in [7, 11) is 0. The summed E-state index contributed by atoms with van der Waals surface area (Å²) in [4.78, 5) is 10.8. The normalized spacial score (nSPS) is 12.1. The lowest BCUT2D eigenvalue weighted by Gasteiger charge is -2.10. The summed E-state index contributed by atoms with van der Waals surface area (Å²) in [5.41, 5.74) is 2.98. The van der Waals surface area contributed by atoms with E-state index in [9.17, 15) is 9.90 Å². The van der Waals surface area contributed by atoms with Crippen molar-refractivity contribution in [2.75, 3.05) is 6.61 Å². The lowest BCUT2D eigenvalue weighted by molar-refractivity contribution is -0.124. The fraction of sp³-hybridized carbons (Fsp3) is 0.364. The number of hydrogen-bond acceptors (Lipinski definition) is 4. The van der Waals surface area contributed by atoms with Gasteiger partial charge in [-0.3, -0.25) is 10.2 Å². The second-order valence-corrected chi connectivity index (χ2v) is 3.43. The van der Waals surface area contributed by atoms with E-state index in [1.807, 2.05) is 35.8 Å². The first kappa shape index (κ1) is 12.6. The number of nitrogens with one attached hydrogen (secondary N) is 1. The zero-order valence-electron chi connectivity index (χ0n) is 8.93. The second kappa shape index (κ2) is 6.95. The number of hydrazine groups is 1. The summed E-state index contributed by atoms with van der Waals surface area (Å²) in [6.07, 6.45) is -0.877. The molecule has 0 aliphatic carbocycles. The smallest absolute Gasteiger partial charge is 0.236 e. The first-order valence-electron chi connectivity index (χ1n) is 5.01. The van der Waals surface area contributed by atoms with E-state index in [1.54, 1.807) is 0 Å². The third-order valence-electron chi connectivity index (χ3n) is 2.00. The molecule has 1 rings (SSSR count). The van der Waals surface area contributed by atoms with Gasteiger partial charge < -0.3 is 9.84 Å². The second-order valence-electron chi connectivity index (χ2n) is 3.43. The molecule has 0 saturated carbocycles. The van der Waals surface area contributed by atoms with Crippen molar-refractivity contribution in [3.05, 3.63) is 35.9 Å². The molecular weight excluding hydrogens is 208 g/mol. The van der Waals surface area contributed by atoms with Gasteiger partial charge in [0.05, 0.1) is 25.7 Å². The molecular formula is C11H16N2O3. The maximum Gasteiger partial charge on any atom is 0.236 e. The van der Waals surface area contributed by atoms with Crippen LogP contribution < -0.4 is 11.3 Å². The minimum absolute atomic E-state index is 0.0503. The lowest BCUT2D eigenvalue weighted by Crippen LogP contribution is -2.34. The summed E-state index contributed by atoms with van der Waals surface area (Å²) >= 11 is 0. The van der Waals surface area contributed by atoms with E-state index in [2.05, 4.69) is 0 Å². The number of benzene rings is 1. The topological polar surface area (TPSA) is 84.6 Å². The number of carbonyl (C=O) groups is 1. The van der Waals surface area contributed by atoms with Crippen LogP contribution in [-0.2, 0) is 16.1 Å². The van der Waals surface area contributed by atoms with Crippen molar-refractivity contribution in [3.63, 3.8) is 0 Å². The molecule has 1 unspecified atom stereocenters. The number of aliphatic hydroxyl groups is 1. The van der Waals surface area contributed by atoms with E-state index >= 15 is 0 Å². The van der Waals surface area contributed by atoms with Gasteiger partial charge in [0.1, 0.15) is 0 Å². The SMILES string of the molecule is NNC(=O)CC(O)COCc1ccccc1. The quantitative estimate of drug-likeness (QED) is 0.359. The Morgan fingerprint density at radius 2 is 2.12 bits per heavy atom. The monoisotopic (exact) mass is 224 g/mol. The zero-order valence-corrected chi connectivity index (χ0v) is 8.93. The Morgan fingerprint density at radius 3 is 2.75 bits per heavy atom. The minimum atomic E-state index is -0.827. The standard InChI is InChI=1S/C11H16N2O3/c12-13-11(15)6-10(14)8-16-7-9-4-2-1-3-5-9/h1-5,10,14H,6-8,12H2,(H,13,15). The van der Waals surface area contributed by atoms with Crippen LogP contribution in [0, 0.1) is 0 Å². The van der Waals surface area contributed by atoms with Crippen molar-refractivity contribution in [1.29, 1.82) is 0 Å². The van der Waals surface area contributed by atoms with Crippen LogP contribution in [0.15, 0.2) is 30.3 Å². The molecule has 1 amide bonds. The van der Waals surface area contributed by atoms with Crippen LogP contribution in [0.2, 0.25) is 0 Å². The van der Waals surface area contributed by atoms with Gasteiger partial charge in [0, 0.05) is 0 Å². The van der Waals surface area contributed by atoms with Crippen LogP contribution in [0.4, 0.5) is 0 Å². The van der Waals surface area contributed by atoms with Gasteiger partial charge in [0.2, 0.25) is 5.91 Å². The highest BCUT2D eigenvalue weighted by Gasteiger charge is 2.09. The number of hydrogen-bond donors (Lipinski definition) is 3. The Kier molecular flexibility index (Phi) is 5.49. The maximum absolute atomic E-state index is 10.8. The van der Waals surface area contributed by atoms with Crippen LogP contribution in [0.1, 0.15) is 12.0 Å². The van der Waals surface area contributed by atoms with Gasteiger partial charge in [-0.2, -0.15) is 0 Å². The summed E-state index contributed by atoms with van der Waals surface area (Å²) in [6, 6.07) is 9.61. The molecule has 0 fully saturated rings. The molecule has 1 aromatic rings. The van der Waals surface area contributed by atoms with E-state index in [-0.39, 0.29) is 13.0 Å². The highest BCUT2D eigenvalue weighted by atomic mass is 16.5. The number of rotatable bonds is 6. The van der Waals surface area contributed by atoms with Crippen LogP contribution in [0.3, 0.4) is 0 Å². The van der Waals surface area contributed by atoms with E-state index < -0.39 is 12.0 Å². The molecule has 0 bridgehead atoms. The Bertz CT molecular complexity index is 316. The van der Waals surface area contributed by atoms with Crippen LogP contribution in [-0.4, -0.2) is 23.7 Å². The summed E-state index contributed by atoms with van der Waals surface area (Å²) in [6.45, 7) is 0.532. The Morgan fingerprint density at radius 1 is 1.44 bits per heavy atom. The molecule has 0 aliphatic heterocycles. The minimum Gasteiger partial charge on any atom is -0.390 e. The van der Waals surface area contributed by atoms with Crippen molar-refractivity contribution < 1.29 is 14.6 Å². The Hall–Kier alpha value is -1.43. The molecule has 0 saturated heterocycles. The van der Waals surface area contributed by atoms with Crippen LogP contribution >= 0.6 is 0 Å². The van der Waals surface area contributed by atoms with E-state index in [0.29, 0.717) is 6.61 Å². The van der Waals surface area contributed by atoms with Crippen LogP contribution in [0.25, 0.3) is 0 Å². The summed E-state index contributed by atoms with van der Waals surface area (Å²) in [5.74, 6) is 4.48. The first-order valence-corrected chi connectivity index (χ1v) is 5.01. The molecule has 5 nitrogen and oxygen atoms in total. The predicted octanol–water partition coefficient (Wildman–Crippen LogP) is -0.0559. The highest BCUT2D eigenvalue weighted by molar-refractivity contribution is 5.75. The largest absolute Gasteiger partial charge is 0.390 e. The number of aliphatic hydroxyl groups excluding tert-OH is 1. The van der Waals surface area contributed by atoms with E-state index in [4.69, 9.17) is 10.6 Å². The predicted molar refractivity (Wildman–Crippen MR) is 59.1 cm³/mol. The molecule has 0 heterocycles. The molecule has 88 valence electrons. The first-order chi connectivity index (χ1) is 7.72. The van der Waals surface area contributed by atoms with E-state index in [1.165, 1.54) is 0 Å². The molecule has 16 heavy (non-hydrogen) atoms. The van der Waals surface area contributed by atoms with Gasteiger partial charge >= 0.3 is 0 Å². The molecule has 1 atom stereocenters. The Balaban J connectivity index is 2.18.